The summed E-state index contributed by atoms with van der Waals surface area (Å²) in [7, 11) is -3.09. The van der Waals surface area contributed by atoms with Crippen molar-refractivity contribution < 1.29 is 37.3 Å². The van der Waals surface area contributed by atoms with Gasteiger partial charge in [-0.25, -0.2) is 4.79 Å². The molecule has 17 heavy (non-hydrogen) atoms. The van der Waals surface area contributed by atoms with Gasteiger partial charge in [0.2, 0.25) is 0 Å². The molecule has 0 spiro atoms. The lowest BCUT2D eigenvalue weighted by Crippen LogP contribution is -2.49. The Balaban J connectivity index is 5.19. The molecule has 0 aliphatic carbocycles. The number of carbonyl (C=O) groups is 2. The molecule has 0 rings (SSSR count). The highest BCUT2D eigenvalue weighted by Crippen LogP contribution is 2.25. The number of amides is 1. The molecule has 10 heteroatoms. The molecule has 0 aromatic carbocycles. The highest BCUT2D eigenvalue weighted by atomic mass is 31.1. The second-order valence-corrected chi connectivity index (χ2v) is 4.02. The second-order valence-electron chi connectivity index (χ2n) is 3.03. The fraction of sp³-hybridized carbons (Fsp3) is 0.714. The summed E-state index contributed by atoms with van der Waals surface area (Å²) in [5, 5.41) is 8.63. The lowest BCUT2D eigenvalue weighted by Gasteiger charge is -2.24. The number of hydrogen-bond acceptors (Lipinski definition) is 3. The molecule has 98 valence electrons. The van der Waals surface area contributed by atoms with Gasteiger partial charge in [0.25, 0.3) is 6.29 Å². The molecule has 2 N–H and O–H groups in total. The topological polar surface area (TPSA) is 94.9 Å². The predicted octanol–water partition coefficient (Wildman–Crippen LogP) is 0.933. The van der Waals surface area contributed by atoms with E-state index in [1.807, 2.05) is 0 Å². The largest absolute Gasteiger partial charge is 0.527 e. The maximum Gasteiger partial charge on any atom is 0.527 e. The van der Waals surface area contributed by atoms with Crippen molar-refractivity contribution in [2.45, 2.75) is 25.6 Å². The summed E-state index contributed by atoms with van der Waals surface area (Å²) in [6, 6.07) is -1.78. The average Bonchev–Trinajstić information content (AvgIpc) is 2.13. The molecule has 2 unspecified atom stereocenters. The molecule has 0 heterocycles. The van der Waals surface area contributed by atoms with Crippen molar-refractivity contribution in [3.63, 3.8) is 0 Å². The van der Waals surface area contributed by atoms with Crippen LogP contribution in [0.25, 0.3) is 0 Å². The molecule has 0 saturated carbocycles. The molecular weight excluding hydrogens is 266 g/mol. The Morgan fingerprint density at radius 1 is 1.41 bits per heavy atom. The van der Waals surface area contributed by atoms with Crippen molar-refractivity contribution in [2.24, 2.45) is 0 Å². The van der Waals surface area contributed by atoms with Gasteiger partial charge in [0, 0.05) is 0 Å². The monoisotopic (exact) mass is 276 g/mol. The van der Waals surface area contributed by atoms with E-state index >= 15 is 0 Å². The molecule has 0 aliphatic rings. The Morgan fingerprint density at radius 3 is 2.12 bits per heavy atom. The SMILES string of the molecule is CCC(C(=O)O)N(C[P+](=O)O)C(=O)C(F)(F)F. The van der Waals surface area contributed by atoms with Gasteiger partial charge in [0.15, 0.2) is 0 Å². The number of hydrogen-bond donors (Lipinski definition) is 2. The van der Waals surface area contributed by atoms with Crippen LogP contribution in [-0.4, -0.2) is 45.3 Å². The molecule has 1 amide bonds. The first kappa shape index (κ1) is 15.8. The number of nitrogens with zero attached hydrogens (tertiary/aromatic N) is 1. The number of rotatable bonds is 5. The van der Waals surface area contributed by atoms with Gasteiger partial charge in [-0.1, -0.05) is 6.92 Å². The van der Waals surface area contributed by atoms with Gasteiger partial charge in [-0.15, -0.1) is 0 Å². The van der Waals surface area contributed by atoms with Crippen molar-refractivity contribution in [3.8, 4) is 0 Å². The maximum atomic E-state index is 12.1. The average molecular weight is 276 g/mol. The van der Waals surface area contributed by atoms with Gasteiger partial charge < -0.3 is 5.11 Å². The Kier molecular flexibility index (Phi) is 5.50. The minimum atomic E-state index is -5.28. The van der Waals surface area contributed by atoms with Crippen LogP contribution in [0, 0.1) is 0 Å². The molecule has 6 nitrogen and oxygen atoms in total. The standard InChI is InChI=1S/C7H9F3NO5P/c1-2-4(5(12)13)11(3-17(15)16)6(14)7(8,9)10/h4H,2-3H2,1H3,(H-,12,13,15,16)/p+1. The Labute approximate surface area is 94.9 Å². The molecule has 0 fully saturated rings. The summed E-state index contributed by atoms with van der Waals surface area (Å²) in [5.74, 6) is -4.11. The smallest absolute Gasteiger partial charge is 0.480 e. The summed E-state index contributed by atoms with van der Waals surface area (Å²) >= 11 is 0. The minimum absolute atomic E-state index is 0.152. The van der Waals surface area contributed by atoms with Gasteiger partial charge in [0.05, 0.1) is 0 Å². The summed E-state index contributed by atoms with van der Waals surface area (Å²) in [5.41, 5.74) is 0. The Morgan fingerprint density at radius 2 is 1.88 bits per heavy atom. The van der Waals surface area contributed by atoms with Crippen molar-refractivity contribution in [2.75, 3.05) is 6.29 Å². The Hall–Kier alpha value is -1.21. The van der Waals surface area contributed by atoms with E-state index < -0.39 is 38.4 Å². The first-order valence-electron chi connectivity index (χ1n) is 4.35. The van der Waals surface area contributed by atoms with Crippen molar-refractivity contribution in [1.82, 2.24) is 4.90 Å². The minimum Gasteiger partial charge on any atom is -0.480 e. The Bertz CT molecular complexity index is 332. The third-order valence-corrected chi connectivity index (χ3v) is 2.37. The van der Waals surface area contributed by atoms with Gasteiger partial charge >= 0.3 is 26.1 Å². The lowest BCUT2D eigenvalue weighted by atomic mass is 10.2. The van der Waals surface area contributed by atoms with Crippen LogP contribution in [-0.2, 0) is 14.2 Å². The van der Waals surface area contributed by atoms with E-state index in [4.69, 9.17) is 10.00 Å². The van der Waals surface area contributed by atoms with Crippen LogP contribution < -0.4 is 0 Å². The first-order chi connectivity index (χ1) is 7.61. The number of alkyl halides is 3. The number of carbonyl (C=O) groups excluding carboxylic acids is 1. The first-order valence-corrected chi connectivity index (χ1v) is 5.75. The van der Waals surface area contributed by atoms with Crippen LogP contribution in [0.3, 0.4) is 0 Å². The third kappa shape index (κ3) is 4.66. The van der Waals surface area contributed by atoms with Crippen molar-refractivity contribution in [1.29, 1.82) is 0 Å². The highest BCUT2D eigenvalue weighted by molar-refractivity contribution is 7.37. The molecule has 2 atom stereocenters. The molecule has 0 aromatic heterocycles. The zero-order valence-corrected chi connectivity index (χ0v) is 9.53. The fourth-order valence-electron chi connectivity index (χ4n) is 1.13. The maximum absolute atomic E-state index is 12.1. The molecule has 0 radical (unpaired) electrons. The van der Waals surface area contributed by atoms with Crippen molar-refractivity contribution in [3.05, 3.63) is 0 Å². The number of carboxylic acid groups (broad SMARTS) is 1. The normalized spacial score (nSPS) is 14.1. The van der Waals surface area contributed by atoms with E-state index in [0.29, 0.717) is 0 Å². The summed E-state index contributed by atoms with van der Waals surface area (Å²) in [6.45, 7) is 1.25. The van der Waals surface area contributed by atoms with E-state index in [1.165, 1.54) is 6.92 Å². The van der Waals surface area contributed by atoms with E-state index in [9.17, 15) is 27.3 Å². The summed E-state index contributed by atoms with van der Waals surface area (Å²) in [6.07, 6.45) is -6.76. The van der Waals surface area contributed by atoms with Crippen LogP contribution in [0.2, 0.25) is 0 Å². The van der Waals surface area contributed by atoms with Gasteiger partial charge in [-0.05, 0) is 11.0 Å². The molecule has 0 aliphatic heterocycles. The van der Waals surface area contributed by atoms with E-state index in [2.05, 4.69) is 0 Å². The predicted molar refractivity (Wildman–Crippen MR) is 49.3 cm³/mol. The summed E-state index contributed by atoms with van der Waals surface area (Å²) < 4.78 is 46.9. The second kappa shape index (κ2) is 5.92. The van der Waals surface area contributed by atoms with E-state index in [0.717, 1.165) is 0 Å². The quantitative estimate of drug-likeness (QED) is 0.728. The third-order valence-electron chi connectivity index (χ3n) is 1.82. The van der Waals surface area contributed by atoms with Crippen molar-refractivity contribution >= 4 is 19.9 Å². The van der Waals surface area contributed by atoms with Crippen LogP contribution in [0.1, 0.15) is 13.3 Å². The zero-order chi connectivity index (χ0) is 13.8. The number of carboxylic acids is 1. The van der Waals surface area contributed by atoms with E-state index in [1.54, 1.807) is 0 Å². The molecule has 0 saturated heterocycles. The molecule has 0 bridgehead atoms. The molecular formula is C7H10F3NO5P+. The number of aliphatic carboxylic acids is 1. The van der Waals surface area contributed by atoms with Crippen LogP contribution in [0.15, 0.2) is 0 Å². The van der Waals surface area contributed by atoms with Gasteiger partial charge in [0.1, 0.15) is 6.04 Å². The van der Waals surface area contributed by atoms with Gasteiger partial charge in [-0.2, -0.15) is 18.1 Å². The van der Waals surface area contributed by atoms with Crippen LogP contribution in [0.4, 0.5) is 13.2 Å². The highest BCUT2D eigenvalue weighted by Gasteiger charge is 2.48. The summed E-state index contributed by atoms with van der Waals surface area (Å²) in [4.78, 5) is 29.9. The van der Waals surface area contributed by atoms with Crippen LogP contribution >= 0.6 is 8.03 Å². The van der Waals surface area contributed by atoms with E-state index in [-0.39, 0.29) is 11.3 Å². The zero-order valence-electron chi connectivity index (χ0n) is 8.64. The fourth-order valence-corrected chi connectivity index (χ4v) is 1.71. The lowest BCUT2D eigenvalue weighted by molar-refractivity contribution is -0.188. The van der Waals surface area contributed by atoms with Gasteiger partial charge in [-0.3, -0.25) is 9.69 Å². The molecule has 0 aromatic rings. The number of halogens is 3. The van der Waals surface area contributed by atoms with Crippen LogP contribution in [0.5, 0.6) is 0 Å².